The van der Waals surface area contributed by atoms with Gasteiger partial charge in [-0.1, -0.05) is 0 Å². The fourth-order valence-electron chi connectivity index (χ4n) is 2.26. The molecule has 2 aromatic rings. The summed E-state index contributed by atoms with van der Waals surface area (Å²) in [5, 5.41) is 2.76. The molecule has 0 aromatic heterocycles. The van der Waals surface area contributed by atoms with Gasteiger partial charge in [-0.15, -0.1) is 0 Å². The van der Waals surface area contributed by atoms with E-state index in [1.807, 2.05) is 0 Å². The van der Waals surface area contributed by atoms with Crippen LogP contribution in [0.15, 0.2) is 42.5 Å². The van der Waals surface area contributed by atoms with Crippen molar-refractivity contribution in [3.05, 3.63) is 48.0 Å². The maximum absolute atomic E-state index is 12.3. The number of rotatable bonds is 5. The van der Waals surface area contributed by atoms with E-state index in [4.69, 9.17) is 9.47 Å². The van der Waals surface area contributed by atoms with E-state index in [1.165, 1.54) is 0 Å². The van der Waals surface area contributed by atoms with Gasteiger partial charge in [-0.2, -0.15) is 0 Å². The van der Waals surface area contributed by atoms with Gasteiger partial charge in [0.15, 0.2) is 11.5 Å². The molecule has 3 rings (SSSR count). The van der Waals surface area contributed by atoms with E-state index < -0.39 is 10.0 Å². The first kappa shape index (κ1) is 17.1. The van der Waals surface area contributed by atoms with Crippen molar-refractivity contribution in [2.24, 2.45) is 0 Å². The molecular weight excluding hydrogens is 344 g/mol. The molecule has 1 heterocycles. The van der Waals surface area contributed by atoms with Crippen LogP contribution in [0.3, 0.4) is 0 Å². The minimum atomic E-state index is -3.32. The van der Waals surface area contributed by atoms with Crippen LogP contribution in [-0.2, 0) is 10.0 Å². The Kier molecular flexibility index (Phi) is 4.80. The predicted octanol–water partition coefficient (Wildman–Crippen LogP) is 2.47. The lowest BCUT2D eigenvalue weighted by molar-refractivity contribution is 0.102. The van der Waals surface area contributed by atoms with Crippen LogP contribution >= 0.6 is 0 Å². The molecule has 0 saturated heterocycles. The molecule has 0 atom stereocenters. The average Bonchev–Trinajstić information content (AvgIpc) is 2.62. The number of benzene rings is 2. The SMILES string of the molecule is CCS(=O)(=O)Nc1ccc(NC(=O)c2ccc3c(c2)OCCO3)cc1. The molecule has 0 unspecified atom stereocenters. The summed E-state index contributed by atoms with van der Waals surface area (Å²) >= 11 is 0. The zero-order valence-corrected chi connectivity index (χ0v) is 14.4. The summed E-state index contributed by atoms with van der Waals surface area (Å²) in [6.07, 6.45) is 0. The molecule has 1 aliphatic rings. The summed E-state index contributed by atoms with van der Waals surface area (Å²) in [4.78, 5) is 12.3. The van der Waals surface area contributed by atoms with Gasteiger partial charge in [0.25, 0.3) is 5.91 Å². The van der Waals surface area contributed by atoms with Crippen molar-refractivity contribution in [1.29, 1.82) is 0 Å². The van der Waals surface area contributed by atoms with Crippen LogP contribution in [0, 0.1) is 0 Å². The third-order valence-electron chi connectivity index (χ3n) is 3.60. The van der Waals surface area contributed by atoms with Crippen molar-refractivity contribution in [3.63, 3.8) is 0 Å². The van der Waals surface area contributed by atoms with Crippen LogP contribution in [0.5, 0.6) is 11.5 Å². The molecule has 2 aromatic carbocycles. The fraction of sp³-hybridized carbons (Fsp3) is 0.235. The largest absolute Gasteiger partial charge is 0.486 e. The van der Waals surface area contributed by atoms with E-state index in [0.717, 1.165) is 0 Å². The predicted molar refractivity (Wildman–Crippen MR) is 94.9 cm³/mol. The van der Waals surface area contributed by atoms with E-state index in [2.05, 4.69) is 10.0 Å². The second-order valence-corrected chi connectivity index (χ2v) is 7.41. The Labute approximate surface area is 146 Å². The lowest BCUT2D eigenvalue weighted by Gasteiger charge is -2.18. The number of anilines is 2. The van der Waals surface area contributed by atoms with E-state index in [-0.39, 0.29) is 11.7 Å². The fourth-order valence-corrected chi connectivity index (χ4v) is 2.90. The molecular formula is C17H18N2O5S. The molecule has 0 bridgehead atoms. The van der Waals surface area contributed by atoms with Crippen LogP contribution in [0.2, 0.25) is 0 Å². The van der Waals surface area contributed by atoms with Crippen LogP contribution < -0.4 is 19.5 Å². The first-order chi connectivity index (χ1) is 12.0. The van der Waals surface area contributed by atoms with Gasteiger partial charge in [0.2, 0.25) is 10.0 Å². The molecule has 0 spiro atoms. The Hall–Kier alpha value is -2.74. The van der Waals surface area contributed by atoms with Crippen LogP contribution in [0.4, 0.5) is 11.4 Å². The Morgan fingerprint density at radius 2 is 1.64 bits per heavy atom. The average molecular weight is 362 g/mol. The first-order valence-electron chi connectivity index (χ1n) is 7.78. The topological polar surface area (TPSA) is 93.7 Å². The zero-order valence-electron chi connectivity index (χ0n) is 13.6. The van der Waals surface area contributed by atoms with E-state index in [9.17, 15) is 13.2 Å². The quantitative estimate of drug-likeness (QED) is 0.852. The lowest BCUT2D eigenvalue weighted by Crippen LogP contribution is -2.17. The minimum Gasteiger partial charge on any atom is -0.486 e. The van der Waals surface area contributed by atoms with Gasteiger partial charge in [-0.05, 0) is 49.4 Å². The zero-order chi connectivity index (χ0) is 17.9. The number of hydrogen-bond donors (Lipinski definition) is 2. The molecule has 1 aliphatic heterocycles. The Balaban J connectivity index is 1.69. The first-order valence-corrected chi connectivity index (χ1v) is 9.43. The molecule has 132 valence electrons. The van der Waals surface area contributed by atoms with Crippen molar-refractivity contribution in [3.8, 4) is 11.5 Å². The van der Waals surface area contributed by atoms with Gasteiger partial charge in [0, 0.05) is 16.9 Å². The van der Waals surface area contributed by atoms with Gasteiger partial charge in [0.1, 0.15) is 13.2 Å². The van der Waals surface area contributed by atoms with Gasteiger partial charge in [-0.3, -0.25) is 9.52 Å². The monoisotopic (exact) mass is 362 g/mol. The smallest absolute Gasteiger partial charge is 0.255 e. The maximum atomic E-state index is 12.3. The second-order valence-electron chi connectivity index (χ2n) is 5.40. The summed E-state index contributed by atoms with van der Waals surface area (Å²) in [6.45, 7) is 2.50. The molecule has 8 heteroatoms. The van der Waals surface area contributed by atoms with Gasteiger partial charge < -0.3 is 14.8 Å². The number of carbonyl (C=O) groups is 1. The van der Waals surface area contributed by atoms with E-state index in [1.54, 1.807) is 49.4 Å². The molecule has 1 amide bonds. The van der Waals surface area contributed by atoms with Crippen molar-refractivity contribution < 1.29 is 22.7 Å². The normalized spacial score (nSPS) is 13.2. The molecule has 0 fully saturated rings. The Morgan fingerprint density at radius 3 is 2.32 bits per heavy atom. The molecule has 7 nitrogen and oxygen atoms in total. The molecule has 0 aliphatic carbocycles. The molecule has 0 radical (unpaired) electrons. The summed E-state index contributed by atoms with van der Waals surface area (Å²) in [5.41, 5.74) is 1.44. The summed E-state index contributed by atoms with van der Waals surface area (Å²) in [7, 11) is -3.32. The Bertz CT molecular complexity index is 878. The lowest BCUT2D eigenvalue weighted by atomic mass is 10.1. The van der Waals surface area contributed by atoms with E-state index >= 15 is 0 Å². The number of carbonyl (C=O) groups excluding carboxylic acids is 1. The van der Waals surface area contributed by atoms with Gasteiger partial charge >= 0.3 is 0 Å². The number of hydrogen-bond acceptors (Lipinski definition) is 5. The summed E-state index contributed by atoms with van der Waals surface area (Å²) in [5.74, 6) is 0.868. The van der Waals surface area contributed by atoms with Crippen molar-refractivity contribution in [2.45, 2.75) is 6.92 Å². The number of sulfonamides is 1. The van der Waals surface area contributed by atoms with Crippen molar-refractivity contribution in [2.75, 3.05) is 29.0 Å². The highest BCUT2D eigenvalue weighted by Crippen LogP contribution is 2.31. The van der Waals surface area contributed by atoms with Crippen LogP contribution in [0.1, 0.15) is 17.3 Å². The third kappa shape index (κ3) is 4.21. The third-order valence-corrected chi connectivity index (χ3v) is 4.91. The number of amides is 1. The van der Waals surface area contributed by atoms with E-state index in [0.29, 0.717) is 41.7 Å². The van der Waals surface area contributed by atoms with Crippen LogP contribution in [0.25, 0.3) is 0 Å². The second kappa shape index (κ2) is 7.02. The van der Waals surface area contributed by atoms with Gasteiger partial charge in [0.05, 0.1) is 5.75 Å². The highest BCUT2D eigenvalue weighted by Gasteiger charge is 2.15. The minimum absolute atomic E-state index is 0.00436. The molecule has 25 heavy (non-hydrogen) atoms. The van der Waals surface area contributed by atoms with Crippen molar-refractivity contribution >= 4 is 27.3 Å². The Morgan fingerprint density at radius 1 is 1.00 bits per heavy atom. The van der Waals surface area contributed by atoms with Gasteiger partial charge in [-0.25, -0.2) is 8.42 Å². The van der Waals surface area contributed by atoms with Crippen LogP contribution in [-0.4, -0.2) is 33.3 Å². The van der Waals surface area contributed by atoms with Crippen molar-refractivity contribution in [1.82, 2.24) is 0 Å². The number of fused-ring (bicyclic) bond motifs is 1. The number of nitrogens with one attached hydrogen (secondary N) is 2. The number of ether oxygens (including phenoxy) is 2. The highest BCUT2D eigenvalue weighted by atomic mass is 32.2. The molecule has 0 saturated carbocycles. The molecule has 2 N–H and O–H groups in total. The highest BCUT2D eigenvalue weighted by molar-refractivity contribution is 7.92. The summed E-state index contributed by atoms with van der Waals surface area (Å²) in [6, 6.07) is 11.4. The maximum Gasteiger partial charge on any atom is 0.255 e. The standard InChI is InChI=1S/C17H18N2O5S/c1-2-25(21,22)19-14-6-4-13(5-7-14)18-17(20)12-3-8-15-16(11-12)24-10-9-23-15/h3-8,11,19H,2,9-10H2,1H3,(H,18,20). The summed E-state index contributed by atoms with van der Waals surface area (Å²) < 4.78 is 36.4.